The van der Waals surface area contributed by atoms with Gasteiger partial charge in [-0.1, -0.05) is 31.4 Å². The molecule has 0 bridgehead atoms. The van der Waals surface area contributed by atoms with E-state index in [2.05, 4.69) is 28.4 Å². The minimum Gasteiger partial charge on any atom is -0.493 e. The minimum absolute atomic E-state index is 0.619. The minimum atomic E-state index is 0.619. The molecule has 2 fully saturated rings. The number of hydrogen-bond acceptors (Lipinski definition) is 3. The monoisotopic (exact) mass is 300 g/mol. The summed E-state index contributed by atoms with van der Waals surface area (Å²) in [4.78, 5) is 2.74. The fraction of sp³-hybridized carbons (Fsp3) is 0.684. The van der Waals surface area contributed by atoms with E-state index in [1.54, 1.807) is 0 Å². The summed E-state index contributed by atoms with van der Waals surface area (Å²) in [5.74, 6) is 1.96. The van der Waals surface area contributed by atoms with E-state index in [-0.39, 0.29) is 0 Å². The van der Waals surface area contributed by atoms with Gasteiger partial charge in [-0.15, -0.1) is 0 Å². The Bertz CT molecular complexity index is 486. The molecule has 1 aromatic rings. The summed E-state index contributed by atoms with van der Waals surface area (Å²) >= 11 is 0. The summed E-state index contributed by atoms with van der Waals surface area (Å²) in [6.07, 6.45) is 8.16. The van der Waals surface area contributed by atoms with Gasteiger partial charge in [0, 0.05) is 38.6 Å². The maximum atomic E-state index is 5.70. The lowest BCUT2D eigenvalue weighted by Crippen LogP contribution is -2.47. The first kappa shape index (κ1) is 14.5. The number of nitrogens with zero attached hydrogens (tertiary/aromatic N) is 1. The molecule has 3 nitrogen and oxygen atoms in total. The Morgan fingerprint density at radius 2 is 1.91 bits per heavy atom. The average molecular weight is 300 g/mol. The molecule has 0 unspecified atom stereocenters. The maximum absolute atomic E-state index is 5.70. The highest BCUT2D eigenvalue weighted by Crippen LogP contribution is 2.40. The standard InChI is InChI=1S/C19H28N2O/c1-2-4-15(5-3-1)19(21-11-9-20-10-12-21)17-6-7-18-16(14-17)8-13-22-18/h6-7,14-15,19-20H,1-5,8-13H2/t19-/m1/s1. The van der Waals surface area contributed by atoms with Crippen LogP contribution >= 0.6 is 0 Å². The van der Waals surface area contributed by atoms with Crippen molar-refractivity contribution < 1.29 is 4.74 Å². The molecule has 1 aliphatic carbocycles. The normalized spacial score (nSPS) is 24.7. The molecule has 1 saturated carbocycles. The van der Waals surface area contributed by atoms with Crippen molar-refractivity contribution in [1.29, 1.82) is 0 Å². The van der Waals surface area contributed by atoms with Crippen LogP contribution in [0.4, 0.5) is 0 Å². The van der Waals surface area contributed by atoms with E-state index < -0.39 is 0 Å². The molecule has 1 aromatic carbocycles. The molecular formula is C19H28N2O. The van der Waals surface area contributed by atoms with Crippen LogP contribution in [0.3, 0.4) is 0 Å². The van der Waals surface area contributed by atoms with E-state index in [1.807, 2.05) is 0 Å². The number of nitrogens with one attached hydrogen (secondary N) is 1. The molecule has 2 aliphatic heterocycles. The van der Waals surface area contributed by atoms with Crippen molar-refractivity contribution in [3.8, 4) is 5.75 Å². The van der Waals surface area contributed by atoms with E-state index in [9.17, 15) is 0 Å². The first-order valence-electron chi connectivity index (χ1n) is 9.12. The zero-order valence-corrected chi connectivity index (χ0v) is 13.5. The highest BCUT2D eigenvalue weighted by Gasteiger charge is 2.31. The third-order valence-corrected chi connectivity index (χ3v) is 5.70. The van der Waals surface area contributed by atoms with Crippen molar-refractivity contribution >= 4 is 0 Å². The zero-order valence-electron chi connectivity index (χ0n) is 13.5. The van der Waals surface area contributed by atoms with Gasteiger partial charge in [0.15, 0.2) is 0 Å². The predicted molar refractivity (Wildman–Crippen MR) is 89.4 cm³/mol. The van der Waals surface area contributed by atoms with Crippen LogP contribution in [0.15, 0.2) is 18.2 Å². The van der Waals surface area contributed by atoms with Crippen LogP contribution in [0, 0.1) is 5.92 Å². The van der Waals surface area contributed by atoms with Gasteiger partial charge < -0.3 is 10.1 Å². The van der Waals surface area contributed by atoms with Gasteiger partial charge in [-0.05, 0) is 36.0 Å². The molecule has 0 amide bonds. The van der Waals surface area contributed by atoms with Gasteiger partial charge in [0.1, 0.15) is 5.75 Å². The molecule has 1 N–H and O–H groups in total. The number of ether oxygens (including phenoxy) is 1. The molecule has 3 aliphatic rings. The average Bonchev–Trinajstić information content (AvgIpc) is 3.05. The first-order chi connectivity index (χ1) is 10.9. The molecule has 1 atom stereocenters. The topological polar surface area (TPSA) is 24.5 Å². The van der Waals surface area contributed by atoms with E-state index in [0.717, 1.165) is 37.8 Å². The first-order valence-corrected chi connectivity index (χ1v) is 9.12. The Kier molecular flexibility index (Phi) is 4.35. The van der Waals surface area contributed by atoms with Gasteiger partial charge in [0.05, 0.1) is 6.61 Å². The summed E-state index contributed by atoms with van der Waals surface area (Å²) in [6.45, 7) is 5.51. The fourth-order valence-electron chi connectivity index (χ4n) is 4.58. The molecule has 1 saturated heterocycles. The molecule has 0 spiro atoms. The third kappa shape index (κ3) is 2.89. The van der Waals surface area contributed by atoms with Crippen molar-refractivity contribution in [2.45, 2.75) is 44.6 Å². The van der Waals surface area contributed by atoms with Crippen molar-refractivity contribution in [1.82, 2.24) is 10.2 Å². The summed E-state index contributed by atoms with van der Waals surface area (Å²) in [5.41, 5.74) is 2.96. The van der Waals surface area contributed by atoms with Crippen LogP contribution in [-0.2, 0) is 6.42 Å². The smallest absolute Gasteiger partial charge is 0.122 e. The van der Waals surface area contributed by atoms with Crippen molar-refractivity contribution in [3.63, 3.8) is 0 Å². The molecule has 0 radical (unpaired) electrons. The molecule has 120 valence electrons. The van der Waals surface area contributed by atoms with Crippen LogP contribution in [-0.4, -0.2) is 37.7 Å². The summed E-state index contributed by atoms with van der Waals surface area (Å²) in [7, 11) is 0. The fourth-order valence-corrected chi connectivity index (χ4v) is 4.58. The lowest BCUT2D eigenvalue weighted by atomic mass is 9.79. The quantitative estimate of drug-likeness (QED) is 0.928. The van der Waals surface area contributed by atoms with Crippen LogP contribution in [0.5, 0.6) is 5.75 Å². The Labute approximate surface area is 134 Å². The Morgan fingerprint density at radius 1 is 1.09 bits per heavy atom. The van der Waals surface area contributed by atoms with Crippen LogP contribution < -0.4 is 10.1 Å². The van der Waals surface area contributed by atoms with E-state index in [4.69, 9.17) is 4.74 Å². The molecular weight excluding hydrogens is 272 g/mol. The molecule has 22 heavy (non-hydrogen) atoms. The number of piperazine rings is 1. The van der Waals surface area contributed by atoms with Crippen molar-refractivity contribution in [3.05, 3.63) is 29.3 Å². The van der Waals surface area contributed by atoms with E-state index in [0.29, 0.717) is 6.04 Å². The Hall–Kier alpha value is -1.06. The number of hydrogen-bond donors (Lipinski definition) is 1. The van der Waals surface area contributed by atoms with E-state index in [1.165, 1.54) is 56.3 Å². The van der Waals surface area contributed by atoms with E-state index >= 15 is 0 Å². The molecule has 0 aromatic heterocycles. The van der Waals surface area contributed by atoms with Gasteiger partial charge in [-0.3, -0.25) is 4.90 Å². The van der Waals surface area contributed by atoms with Gasteiger partial charge in [-0.25, -0.2) is 0 Å². The summed E-state index contributed by atoms with van der Waals surface area (Å²) in [6, 6.07) is 7.62. The SMILES string of the molecule is c1cc2c(cc1[C@@H](C1CCCCC1)N1CCNCC1)CCO2. The number of benzene rings is 1. The maximum Gasteiger partial charge on any atom is 0.122 e. The van der Waals surface area contributed by atoms with Gasteiger partial charge in [0.25, 0.3) is 0 Å². The third-order valence-electron chi connectivity index (χ3n) is 5.70. The molecule has 4 rings (SSSR count). The summed E-state index contributed by atoms with van der Waals surface area (Å²) < 4.78 is 5.70. The van der Waals surface area contributed by atoms with Gasteiger partial charge in [-0.2, -0.15) is 0 Å². The lowest BCUT2D eigenvalue weighted by Gasteiger charge is -2.41. The van der Waals surface area contributed by atoms with Gasteiger partial charge in [0.2, 0.25) is 0 Å². The predicted octanol–water partition coefficient (Wildman–Crippen LogP) is 3.15. The lowest BCUT2D eigenvalue weighted by molar-refractivity contribution is 0.103. The second-order valence-corrected chi connectivity index (χ2v) is 7.09. The van der Waals surface area contributed by atoms with Crippen LogP contribution in [0.2, 0.25) is 0 Å². The number of fused-ring (bicyclic) bond motifs is 1. The zero-order chi connectivity index (χ0) is 14.8. The van der Waals surface area contributed by atoms with Crippen LogP contribution in [0.25, 0.3) is 0 Å². The Balaban J connectivity index is 1.63. The second kappa shape index (κ2) is 6.59. The highest BCUT2D eigenvalue weighted by atomic mass is 16.5. The van der Waals surface area contributed by atoms with Crippen LogP contribution in [0.1, 0.15) is 49.3 Å². The molecule has 3 heteroatoms. The van der Waals surface area contributed by atoms with Gasteiger partial charge >= 0.3 is 0 Å². The summed E-state index contributed by atoms with van der Waals surface area (Å²) in [5, 5.41) is 3.50. The highest BCUT2D eigenvalue weighted by molar-refractivity contribution is 5.41. The van der Waals surface area contributed by atoms with Crippen molar-refractivity contribution in [2.24, 2.45) is 5.92 Å². The Morgan fingerprint density at radius 3 is 2.73 bits per heavy atom. The molecule has 2 heterocycles. The van der Waals surface area contributed by atoms with Crippen molar-refractivity contribution in [2.75, 3.05) is 32.8 Å². The number of rotatable bonds is 3. The largest absolute Gasteiger partial charge is 0.493 e. The second-order valence-electron chi connectivity index (χ2n) is 7.09.